The van der Waals surface area contributed by atoms with Crippen molar-refractivity contribution in [1.82, 2.24) is 0 Å². The molecule has 0 heterocycles. The molecule has 0 aliphatic rings. The highest BCUT2D eigenvalue weighted by atomic mass is 16.7. The highest BCUT2D eigenvalue weighted by Crippen LogP contribution is 2.01. The first kappa shape index (κ1) is 14.1. The van der Waals surface area contributed by atoms with E-state index in [0.717, 1.165) is 0 Å². The molecule has 1 aromatic carbocycles. The lowest BCUT2D eigenvalue weighted by molar-refractivity contribution is 0.0195. The molecule has 0 aliphatic carbocycles. The van der Waals surface area contributed by atoms with Crippen molar-refractivity contribution in [3.8, 4) is 0 Å². The standard InChI is InChI=1S/C12H14O6/c13-6-7-16-8-9-17-12(15)18-11(14)10-4-2-1-3-5-10/h1-5,13H,6-9H2. The van der Waals surface area contributed by atoms with Gasteiger partial charge in [-0.3, -0.25) is 0 Å². The number of carbonyl (C=O) groups excluding carboxylic acids is 2. The van der Waals surface area contributed by atoms with Gasteiger partial charge in [-0.1, -0.05) is 18.2 Å². The summed E-state index contributed by atoms with van der Waals surface area (Å²) in [7, 11) is 0. The molecule has 0 aromatic heterocycles. The van der Waals surface area contributed by atoms with Crippen LogP contribution >= 0.6 is 0 Å². The fourth-order valence-corrected chi connectivity index (χ4v) is 1.09. The zero-order valence-corrected chi connectivity index (χ0v) is 9.70. The van der Waals surface area contributed by atoms with Gasteiger partial charge in [0.1, 0.15) is 6.61 Å². The molecule has 0 bridgehead atoms. The van der Waals surface area contributed by atoms with Crippen LogP contribution in [0.3, 0.4) is 0 Å². The van der Waals surface area contributed by atoms with Crippen LogP contribution in [-0.2, 0) is 14.2 Å². The van der Waals surface area contributed by atoms with Gasteiger partial charge in [0, 0.05) is 0 Å². The first-order valence-electron chi connectivity index (χ1n) is 5.36. The Labute approximate surface area is 104 Å². The normalized spacial score (nSPS) is 9.83. The van der Waals surface area contributed by atoms with Crippen molar-refractivity contribution in [1.29, 1.82) is 0 Å². The molecule has 98 valence electrons. The molecule has 0 aliphatic heterocycles. The predicted octanol–water partition coefficient (Wildman–Crippen LogP) is 0.989. The lowest BCUT2D eigenvalue weighted by Gasteiger charge is -2.05. The minimum absolute atomic E-state index is 0.0408. The van der Waals surface area contributed by atoms with Crippen LogP contribution in [0.25, 0.3) is 0 Å². The summed E-state index contributed by atoms with van der Waals surface area (Å²) in [6.45, 7) is 0.161. The minimum Gasteiger partial charge on any atom is -0.431 e. The fraction of sp³-hybridized carbons (Fsp3) is 0.333. The van der Waals surface area contributed by atoms with E-state index < -0.39 is 12.1 Å². The van der Waals surface area contributed by atoms with Crippen molar-refractivity contribution in [2.75, 3.05) is 26.4 Å². The van der Waals surface area contributed by atoms with E-state index in [1.807, 2.05) is 0 Å². The molecule has 0 amide bonds. The van der Waals surface area contributed by atoms with Crippen molar-refractivity contribution in [2.45, 2.75) is 0 Å². The maximum absolute atomic E-state index is 11.4. The zero-order chi connectivity index (χ0) is 13.2. The van der Waals surface area contributed by atoms with Crippen LogP contribution in [0.1, 0.15) is 10.4 Å². The van der Waals surface area contributed by atoms with Gasteiger partial charge in [-0.15, -0.1) is 0 Å². The average Bonchev–Trinajstić information content (AvgIpc) is 2.39. The van der Waals surface area contributed by atoms with Crippen LogP contribution in [0.5, 0.6) is 0 Å². The molecule has 1 N–H and O–H groups in total. The van der Waals surface area contributed by atoms with Crippen molar-refractivity contribution >= 4 is 12.1 Å². The molecule has 1 rings (SSSR count). The Kier molecular flexibility index (Phi) is 6.45. The predicted molar refractivity (Wildman–Crippen MR) is 61.1 cm³/mol. The fourth-order valence-electron chi connectivity index (χ4n) is 1.09. The number of benzene rings is 1. The Morgan fingerprint density at radius 2 is 1.78 bits per heavy atom. The smallest absolute Gasteiger partial charge is 0.431 e. The largest absolute Gasteiger partial charge is 0.516 e. The van der Waals surface area contributed by atoms with Gasteiger partial charge in [0.15, 0.2) is 0 Å². The number of rotatable bonds is 6. The van der Waals surface area contributed by atoms with Crippen molar-refractivity contribution < 1.29 is 28.9 Å². The Morgan fingerprint density at radius 1 is 1.06 bits per heavy atom. The summed E-state index contributed by atoms with van der Waals surface area (Å²) in [5.41, 5.74) is 0.269. The van der Waals surface area contributed by atoms with Crippen LogP contribution in [0.4, 0.5) is 4.79 Å². The second-order valence-electron chi connectivity index (χ2n) is 3.19. The summed E-state index contributed by atoms with van der Waals surface area (Å²) in [6, 6.07) is 8.11. The van der Waals surface area contributed by atoms with Gasteiger partial charge in [-0.05, 0) is 12.1 Å². The van der Waals surface area contributed by atoms with E-state index in [1.165, 1.54) is 12.1 Å². The third kappa shape index (κ3) is 5.42. The number of aliphatic hydroxyl groups excluding tert-OH is 1. The van der Waals surface area contributed by atoms with Crippen LogP contribution in [0.2, 0.25) is 0 Å². The Bertz CT molecular complexity index is 375. The molecule has 0 spiro atoms. The summed E-state index contributed by atoms with van der Waals surface area (Å²) in [5, 5.41) is 8.42. The molecule has 0 fully saturated rings. The van der Waals surface area contributed by atoms with Gasteiger partial charge in [0.25, 0.3) is 0 Å². The molecular formula is C12H14O6. The molecule has 6 nitrogen and oxygen atoms in total. The van der Waals surface area contributed by atoms with Gasteiger partial charge < -0.3 is 19.3 Å². The zero-order valence-electron chi connectivity index (χ0n) is 9.70. The van der Waals surface area contributed by atoms with E-state index in [0.29, 0.717) is 0 Å². The Balaban J connectivity index is 2.22. The molecule has 0 saturated carbocycles. The Morgan fingerprint density at radius 3 is 2.44 bits per heavy atom. The number of aliphatic hydroxyl groups is 1. The first-order chi connectivity index (χ1) is 8.74. The lowest BCUT2D eigenvalue weighted by atomic mass is 10.2. The minimum atomic E-state index is -1.07. The second kappa shape index (κ2) is 8.21. The topological polar surface area (TPSA) is 82.1 Å². The van der Waals surface area contributed by atoms with E-state index in [9.17, 15) is 9.59 Å². The summed E-state index contributed by atoms with van der Waals surface area (Å²) < 4.78 is 13.9. The van der Waals surface area contributed by atoms with Gasteiger partial charge in [0.2, 0.25) is 0 Å². The molecule has 0 saturated heterocycles. The molecule has 6 heteroatoms. The second-order valence-corrected chi connectivity index (χ2v) is 3.19. The van der Waals surface area contributed by atoms with E-state index in [2.05, 4.69) is 9.47 Å². The number of ether oxygens (including phenoxy) is 3. The van der Waals surface area contributed by atoms with E-state index in [-0.39, 0.29) is 32.0 Å². The molecular weight excluding hydrogens is 240 g/mol. The Hall–Kier alpha value is -1.92. The quantitative estimate of drug-likeness (QED) is 0.463. The van der Waals surface area contributed by atoms with Gasteiger partial charge >= 0.3 is 12.1 Å². The van der Waals surface area contributed by atoms with Gasteiger partial charge in [-0.25, -0.2) is 9.59 Å². The van der Waals surface area contributed by atoms with E-state index in [1.54, 1.807) is 18.2 Å². The number of hydrogen-bond donors (Lipinski definition) is 1. The third-order valence-electron chi connectivity index (χ3n) is 1.87. The maximum atomic E-state index is 11.4. The molecule has 0 unspecified atom stereocenters. The number of carbonyl (C=O) groups is 2. The summed E-state index contributed by atoms with van der Waals surface area (Å²) in [4.78, 5) is 22.5. The summed E-state index contributed by atoms with van der Waals surface area (Å²) >= 11 is 0. The van der Waals surface area contributed by atoms with Crippen molar-refractivity contribution in [3.05, 3.63) is 35.9 Å². The SMILES string of the molecule is O=C(OCCOCCO)OC(=O)c1ccccc1. The molecule has 0 radical (unpaired) electrons. The van der Waals surface area contributed by atoms with Crippen LogP contribution in [0, 0.1) is 0 Å². The highest BCUT2D eigenvalue weighted by molar-refractivity contribution is 5.95. The van der Waals surface area contributed by atoms with E-state index in [4.69, 9.17) is 9.84 Å². The third-order valence-corrected chi connectivity index (χ3v) is 1.87. The number of esters is 1. The molecule has 18 heavy (non-hydrogen) atoms. The van der Waals surface area contributed by atoms with Crippen molar-refractivity contribution in [3.63, 3.8) is 0 Å². The summed E-state index contributed by atoms with van der Waals surface area (Å²) in [5.74, 6) is -0.767. The van der Waals surface area contributed by atoms with Gasteiger partial charge in [-0.2, -0.15) is 0 Å². The van der Waals surface area contributed by atoms with Crippen LogP contribution < -0.4 is 0 Å². The van der Waals surface area contributed by atoms with Crippen molar-refractivity contribution in [2.24, 2.45) is 0 Å². The van der Waals surface area contributed by atoms with E-state index >= 15 is 0 Å². The number of hydrogen-bond acceptors (Lipinski definition) is 6. The highest BCUT2D eigenvalue weighted by Gasteiger charge is 2.13. The summed E-state index contributed by atoms with van der Waals surface area (Å²) in [6.07, 6.45) is -1.07. The molecule has 1 aromatic rings. The van der Waals surface area contributed by atoms with Crippen LogP contribution in [0.15, 0.2) is 30.3 Å². The first-order valence-corrected chi connectivity index (χ1v) is 5.36. The average molecular weight is 254 g/mol. The monoisotopic (exact) mass is 254 g/mol. The maximum Gasteiger partial charge on any atom is 0.516 e. The van der Waals surface area contributed by atoms with Crippen LogP contribution in [-0.4, -0.2) is 43.7 Å². The van der Waals surface area contributed by atoms with Gasteiger partial charge in [0.05, 0.1) is 25.4 Å². The molecule has 0 atom stereocenters. The lowest BCUT2D eigenvalue weighted by Crippen LogP contribution is -2.17.